The molecular weight excluding hydrogens is 290 g/mol. The minimum absolute atomic E-state index is 0.00993. The van der Waals surface area contributed by atoms with Crippen LogP contribution in [0.4, 0.5) is 0 Å². The molecule has 0 aromatic carbocycles. The zero-order valence-corrected chi connectivity index (χ0v) is 10.7. The van der Waals surface area contributed by atoms with Gasteiger partial charge in [0.15, 0.2) is 0 Å². The van der Waals surface area contributed by atoms with Crippen LogP contribution in [0.3, 0.4) is 0 Å². The molecule has 0 radical (unpaired) electrons. The molecule has 0 aliphatic rings. The van der Waals surface area contributed by atoms with E-state index in [2.05, 4.69) is 4.98 Å². The van der Waals surface area contributed by atoms with E-state index in [1.165, 1.54) is 0 Å². The summed E-state index contributed by atoms with van der Waals surface area (Å²) in [5, 5.41) is 25.8. The van der Waals surface area contributed by atoms with E-state index >= 15 is 0 Å². The lowest BCUT2D eigenvalue weighted by Gasteiger charge is -2.12. The maximum absolute atomic E-state index is 11.8. The van der Waals surface area contributed by atoms with Gasteiger partial charge in [0, 0.05) is 6.20 Å². The number of aromatic nitrogens is 1. The molecular formula is C10H9N3O6S. The van der Waals surface area contributed by atoms with Crippen LogP contribution in [-0.2, 0) is 19.6 Å². The third-order valence-corrected chi connectivity index (χ3v) is 3.59. The topological polar surface area (TPSA) is 157 Å². The van der Waals surface area contributed by atoms with Gasteiger partial charge in [0.25, 0.3) is 0 Å². The third kappa shape index (κ3) is 4.01. The Bertz CT molecular complexity index is 661. The summed E-state index contributed by atoms with van der Waals surface area (Å²) in [6, 6.07) is 2.10. The van der Waals surface area contributed by atoms with Crippen LogP contribution in [0.25, 0.3) is 0 Å². The predicted molar refractivity (Wildman–Crippen MR) is 63.0 cm³/mol. The van der Waals surface area contributed by atoms with E-state index in [4.69, 9.17) is 15.5 Å². The van der Waals surface area contributed by atoms with Gasteiger partial charge in [-0.05, 0) is 12.1 Å². The van der Waals surface area contributed by atoms with Crippen molar-refractivity contribution in [1.29, 1.82) is 5.26 Å². The summed E-state index contributed by atoms with van der Waals surface area (Å²) in [5.41, 5.74) is -0.00993. The Kier molecular flexibility index (Phi) is 4.73. The van der Waals surface area contributed by atoms with Gasteiger partial charge in [-0.3, -0.25) is 9.59 Å². The summed E-state index contributed by atoms with van der Waals surface area (Å²) in [5.74, 6) is -3.07. The fraction of sp³-hybridized carbons (Fsp3) is 0.200. The van der Waals surface area contributed by atoms with E-state index in [0.717, 1.165) is 18.3 Å². The molecule has 0 bridgehead atoms. The van der Waals surface area contributed by atoms with Crippen LogP contribution in [-0.4, -0.2) is 41.6 Å². The van der Waals surface area contributed by atoms with Crippen LogP contribution < -0.4 is 4.72 Å². The fourth-order valence-electron chi connectivity index (χ4n) is 1.21. The minimum Gasteiger partial charge on any atom is -0.481 e. The minimum atomic E-state index is -4.24. The average molecular weight is 299 g/mol. The summed E-state index contributed by atoms with van der Waals surface area (Å²) in [7, 11) is -4.24. The van der Waals surface area contributed by atoms with Crippen molar-refractivity contribution in [3.63, 3.8) is 0 Å². The van der Waals surface area contributed by atoms with E-state index in [1.807, 2.05) is 0 Å². The van der Waals surface area contributed by atoms with Crippen molar-refractivity contribution in [1.82, 2.24) is 9.71 Å². The summed E-state index contributed by atoms with van der Waals surface area (Å²) in [6.45, 7) is 0. The Hall–Kier alpha value is -2.51. The number of rotatable bonds is 6. The number of carboxylic acids is 2. The number of nitrogens with one attached hydrogen (secondary N) is 1. The molecule has 1 atom stereocenters. The summed E-state index contributed by atoms with van der Waals surface area (Å²) < 4.78 is 25.4. The predicted octanol–water partition coefficient (Wildman–Crippen LogP) is -0.841. The highest BCUT2D eigenvalue weighted by Crippen LogP contribution is 2.09. The number of hydrogen-bond acceptors (Lipinski definition) is 6. The molecule has 0 aliphatic heterocycles. The van der Waals surface area contributed by atoms with E-state index in [9.17, 15) is 18.0 Å². The van der Waals surface area contributed by atoms with Crippen molar-refractivity contribution in [3.8, 4) is 6.07 Å². The Morgan fingerprint density at radius 3 is 2.45 bits per heavy atom. The number of sulfonamides is 1. The molecule has 0 saturated carbocycles. The zero-order chi connectivity index (χ0) is 15.3. The van der Waals surface area contributed by atoms with Gasteiger partial charge >= 0.3 is 11.9 Å². The number of carbonyl (C=O) groups is 2. The maximum atomic E-state index is 11.8. The Morgan fingerprint density at radius 1 is 1.40 bits per heavy atom. The normalized spacial score (nSPS) is 12.3. The van der Waals surface area contributed by atoms with E-state index < -0.39 is 34.4 Å². The van der Waals surface area contributed by atoms with Crippen molar-refractivity contribution in [2.75, 3.05) is 0 Å². The van der Waals surface area contributed by atoms with Crippen molar-refractivity contribution in [2.45, 2.75) is 17.4 Å². The lowest BCUT2D eigenvalue weighted by molar-refractivity contribution is -0.145. The zero-order valence-electron chi connectivity index (χ0n) is 9.85. The van der Waals surface area contributed by atoms with Gasteiger partial charge in [-0.1, -0.05) is 0 Å². The highest BCUT2D eigenvalue weighted by atomic mass is 32.2. The quantitative estimate of drug-likeness (QED) is 0.613. The van der Waals surface area contributed by atoms with Crippen LogP contribution in [0.2, 0.25) is 0 Å². The van der Waals surface area contributed by atoms with Gasteiger partial charge in [-0.2, -0.15) is 9.98 Å². The largest absolute Gasteiger partial charge is 0.481 e. The lowest BCUT2D eigenvalue weighted by Crippen LogP contribution is -2.42. The first-order valence-electron chi connectivity index (χ1n) is 5.09. The molecule has 0 fully saturated rings. The smallest absolute Gasteiger partial charge is 0.322 e. The summed E-state index contributed by atoms with van der Waals surface area (Å²) in [4.78, 5) is 24.4. The van der Waals surface area contributed by atoms with Gasteiger partial charge in [-0.25, -0.2) is 13.4 Å². The molecule has 1 heterocycles. The van der Waals surface area contributed by atoms with Gasteiger partial charge < -0.3 is 10.2 Å². The van der Waals surface area contributed by atoms with Crippen LogP contribution in [0, 0.1) is 11.3 Å². The molecule has 0 spiro atoms. The van der Waals surface area contributed by atoms with Crippen molar-refractivity contribution >= 4 is 22.0 Å². The molecule has 106 valence electrons. The van der Waals surface area contributed by atoms with Gasteiger partial charge in [0.05, 0.1) is 6.42 Å². The van der Waals surface area contributed by atoms with Crippen LogP contribution in [0.1, 0.15) is 12.1 Å². The Balaban J connectivity index is 3.00. The number of aliphatic carboxylic acids is 2. The number of pyridine rings is 1. The summed E-state index contributed by atoms with van der Waals surface area (Å²) in [6.07, 6.45) is -0.0289. The monoisotopic (exact) mass is 299 g/mol. The highest BCUT2D eigenvalue weighted by molar-refractivity contribution is 7.89. The molecule has 9 nitrogen and oxygen atoms in total. The first kappa shape index (κ1) is 15.5. The van der Waals surface area contributed by atoms with Gasteiger partial charge in [0.1, 0.15) is 22.7 Å². The Labute approximate surface area is 113 Å². The second-order valence-electron chi connectivity index (χ2n) is 3.60. The number of nitrogens with zero attached hydrogens (tertiary/aromatic N) is 2. The van der Waals surface area contributed by atoms with Crippen LogP contribution in [0.15, 0.2) is 23.2 Å². The molecule has 0 saturated heterocycles. The van der Waals surface area contributed by atoms with Crippen LogP contribution >= 0.6 is 0 Å². The van der Waals surface area contributed by atoms with Crippen molar-refractivity contribution in [2.24, 2.45) is 0 Å². The second kappa shape index (κ2) is 6.09. The van der Waals surface area contributed by atoms with Gasteiger partial charge in [0.2, 0.25) is 10.0 Å². The van der Waals surface area contributed by atoms with E-state index in [1.54, 1.807) is 10.8 Å². The standard InChI is InChI=1S/C10H9N3O6S/c11-4-6-1-2-7(5-12-6)20(18,19)13-8(10(16)17)3-9(14)15/h1-2,5,8,13H,3H2,(H,14,15)(H,16,17). The second-order valence-corrected chi connectivity index (χ2v) is 5.31. The maximum Gasteiger partial charge on any atom is 0.322 e. The third-order valence-electron chi connectivity index (χ3n) is 2.14. The lowest BCUT2D eigenvalue weighted by atomic mass is 10.2. The van der Waals surface area contributed by atoms with Gasteiger partial charge in [-0.15, -0.1) is 0 Å². The molecule has 1 rings (SSSR count). The molecule has 1 aromatic heterocycles. The number of nitriles is 1. The van der Waals surface area contributed by atoms with Crippen LogP contribution in [0.5, 0.6) is 0 Å². The number of hydrogen-bond donors (Lipinski definition) is 3. The molecule has 3 N–H and O–H groups in total. The van der Waals surface area contributed by atoms with E-state index in [0.29, 0.717) is 0 Å². The molecule has 0 amide bonds. The van der Waals surface area contributed by atoms with Crippen molar-refractivity contribution < 1.29 is 28.2 Å². The molecule has 0 aliphatic carbocycles. The molecule has 20 heavy (non-hydrogen) atoms. The first-order chi connectivity index (χ1) is 9.26. The Morgan fingerprint density at radius 2 is 2.05 bits per heavy atom. The first-order valence-corrected chi connectivity index (χ1v) is 6.57. The molecule has 10 heteroatoms. The number of carboxylic acid groups (broad SMARTS) is 2. The average Bonchev–Trinajstić information content (AvgIpc) is 2.37. The molecule has 1 unspecified atom stereocenters. The fourth-order valence-corrected chi connectivity index (χ4v) is 2.35. The SMILES string of the molecule is N#Cc1ccc(S(=O)(=O)NC(CC(=O)O)C(=O)O)cn1. The van der Waals surface area contributed by atoms with E-state index in [-0.39, 0.29) is 10.6 Å². The highest BCUT2D eigenvalue weighted by Gasteiger charge is 2.27. The molecule has 1 aromatic rings. The summed E-state index contributed by atoms with van der Waals surface area (Å²) >= 11 is 0. The van der Waals surface area contributed by atoms with Crippen molar-refractivity contribution in [3.05, 3.63) is 24.0 Å².